The van der Waals surface area contributed by atoms with Gasteiger partial charge in [0.1, 0.15) is 12.2 Å². The number of fused-ring (bicyclic) bond motifs is 2. The number of allylic oxidation sites excluding steroid dienone is 2. The van der Waals surface area contributed by atoms with Gasteiger partial charge in [0, 0.05) is 19.5 Å². The van der Waals surface area contributed by atoms with Crippen LogP contribution in [0.4, 0.5) is 0 Å². The molecule has 5 rings (SSSR count). The molecule has 1 saturated carbocycles. The largest absolute Gasteiger partial charge is 0.320 e. The number of hydrogen-bond acceptors (Lipinski definition) is 3. The van der Waals surface area contributed by atoms with Crippen molar-refractivity contribution >= 4 is 0 Å². The lowest BCUT2D eigenvalue weighted by Crippen LogP contribution is -2.41. The van der Waals surface area contributed by atoms with Crippen molar-refractivity contribution in [2.24, 2.45) is 24.8 Å². The van der Waals surface area contributed by atoms with E-state index in [2.05, 4.69) is 38.9 Å². The van der Waals surface area contributed by atoms with Gasteiger partial charge in [-0.3, -0.25) is 0 Å². The van der Waals surface area contributed by atoms with Crippen LogP contribution >= 0.6 is 0 Å². The SMILES string of the molecule is Cn1cnnc1C1CCN(C[C@@H]2C[C@@H]3C=C[C@H]2CC3)CC1. The summed E-state index contributed by atoms with van der Waals surface area (Å²) < 4.78 is 2.09. The van der Waals surface area contributed by atoms with Crippen LogP contribution in [0, 0.1) is 17.8 Å². The van der Waals surface area contributed by atoms with Crippen LogP contribution in [0.3, 0.4) is 0 Å². The highest BCUT2D eigenvalue weighted by Crippen LogP contribution is 2.41. The van der Waals surface area contributed by atoms with Gasteiger partial charge in [0.25, 0.3) is 0 Å². The summed E-state index contributed by atoms with van der Waals surface area (Å²) >= 11 is 0. The van der Waals surface area contributed by atoms with Crippen LogP contribution in [-0.4, -0.2) is 39.3 Å². The van der Waals surface area contributed by atoms with Gasteiger partial charge in [-0.1, -0.05) is 12.2 Å². The Morgan fingerprint density at radius 2 is 2.00 bits per heavy atom. The fourth-order valence-electron chi connectivity index (χ4n) is 4.63. The molecule has 3 atom stereocenters. The molecule has 4 heteroatoms. The second kappa shape index (κ2) is 5.56. The average molecular weight is 286 g/mol. The van der Waals surface area contributed by atoms with Crippen molar-refractivity contribution in [2.75, 3.05) is 19.6 Å². The molecule has 0 amide bonds. The topological polar surface area (TPSA) is 34.0 Å². The predicted octanol–water partition coefficient (Wildman–Crippen LogP) is 2.60. The molecule has 2 fully saturated rings. The van der Waals surface area contributed by atoms with E-state index in [9.17, 15) is 0 Å². The van der Waals surface area contributed by atoms with E-state index in [1.807, 2.05) is 6.33 Å². The summed E-state index contributed by atoms with van der Waals surface area (Å²) in [6.45, 7) is 3.78. The maximum absolute atomic E-state index is 4.30. The average Bonchev–Trinajstić information content (AvgIpc) is 2.95. The fourth-order valence-corrected chi connectivity index (χ4v) is 4.63. The monoisotopic (exact) mass is 286 g/mol. The minimum atomic E-state index is 0.608. The molecule has 1 aromatic rings. The first-order chi connectivity index (χ1) is 10.3. The number of likely N-dealkylation sites (tertiary alicyclic amines) is 1. The van der Waals surface area contributed by atoms with Gasteiger partial charge >= 0.3 is 0 Å². The molecule has 0 radical (unpaired) electrons. The molecule has 2 bridgehead atoms. The molecule has 4 nitrogen and oxygen atoms in total. The zero-order chi connectivity index (χ0) is 14.2. The van der Waals surface area contributed by atoms with Gasteiger partial charge in [0.2, 0.25) is 0 Å². The van der Waals surface area contributed by atoms with Crippen molar-refractivity contribution in [3.8, 4) is 0 Å². The maximum atomic E-state index is 4.30. The van der Waals surface area contributed by atoms with E-state index in [4.69, 9.17) is 0 Å². The summed E-state index contributed by atoms with van der Waals surface area (Å²) in [5.41, 5.74) is 0. The number of rotatable bonds is 3. The van der Waals surface area contributed by atoms with Crippen LogP contribution in [0.2, 0.25) is 0 Å². The lowest BCUT2D eigenvalue weighted by atomic mass is 9.69. The molecule has 1 saturated heterocycles. The van der Waals surface area contributed by atoms with Gasteiger partial charge in [-0.05, 0) is 62.9 Å². The zero-order valence-corrected chi connectivity index (χ0v) is 13.0. The molecule has 114 valence electrons. The highest BCUT2D eigenvalue weighted by molar-refractivity contribution is 5.07. The first-order valence-electron chi connectivity index (χ1n) is 8.54. The summed E-state index contributed by atoms with van der Waals surface area (Å²) in [4.78, 5) is 2.70. The van der Waals surface area contributed by atoms with Crippen LogP contribution < -0.4 is 0 Å². The van der Waals surface area contributed by atoms with E-state index in [0.29, 0.717) is 5.92 Å². The Balaban J connectivity index is 1.32. The molecular formula is C17H26N4. The van der Waals surface area contributed by atoms with E-state index >= 15 is 0 Å². The standard InChI is InChI=1S/C17H26N4/c1-20-12-18-19-17(20)15-6-8-21(9-7-15)11-16-10-13-2-4-14(16)5-3-13/h2,4,12-16H,3,5-11H2,1H3/t13-,14+,16+/m1/s1. The number of aromatic nitrogens is 3. The molecule has 0 aromatic carbocycles. The molecule has 1 aliphatic heterocycles. The third-order valence-corrected chi connectivity index (χ3v) is 5.90. The third-order valence-electron chi connectivity index (χ3n) is 5.90. The molecule has 3 aliphatic carbocycles. The lowest BCUT2D eigenvalue weighted by Gasteiger charge is -2.42. The van der Waals surface area contributed by atoms with Crippen molar-refractivity contribution in [3.05, 3.63) is 24.3 Å². The maximum Gasteiger partial charge on any atom is 0.135 e. The van der Waals surface area contributed by atoms with E-state index in [1.54, 1.807) is 0 Å². The van der Waals surface area contributed by atoms with E-state index in [0.717, 1.165) is 17.8 Å². The molecular weight excluding hydrogens is 260 g/mol. The second-order valence-corrected chi connectivity index (χ2v) is 7.26. The van der Waals surface area contributed by atoms with Crippen molar-refractivity contribution in [2.45, 2.75) is 38.0 Å². The van der Waals surface area contributed by atoms with Gasteiger partial charge in [-0.2, -0.15) is 0 Å². The Labute approximate surface area is 127 Å². The minimum absolute atomic E-state index is 0.608. The first-order valence-corrected chi connectivity index (χ1v) is 8.54. The molecule has 4 aliphatic rings. The quantitative estimate of drug-likeness (QED) is 0.801. The van der Waals surface area contributed by atoms with Crippen LogP contribution in [0.25, 0.3) is 0 Å². The number of aryl methyl sites for hydroxylation is 1. The van der Waals surface area contributed by atoms with Gasteiger partial charge in [0.05, 0.1) is 0 Å². The van der Waals surface area contributed by atoms with Crippen molar-refractivity contribution in [1.82, 2.24) is 19.7 Å². The minimum Gasteiger partial charge on any atom is -0.320 e. The summed E-state index contributed by atoms with van der Waals surface area (Å²) in [5.74, 6) is 4.45. The van der Waals surface area contributed by atoms with Crippen molar-refractivity contribution < 1.29 is 0 Å². The number of nitrogens with zero attached hydrogens (tertiary/aromatic N) is 4. The highest BCUT2D eigenvalue weighted by Gasteiger charge is 2.33. The summed E-state index contributed by atoms with van der Waals surface area (Å²) in [5, 5.41) is 8.32. The Morgan fingerprint density at radius 1 is 1.14 bits per heavy atom. The molecule has 2 heterocycles. The molecule has 0 spiro atoms. The molecule has 0 unspecified atom stereocenters. The highest BCUT2D eigenvalue weighted by atomic mass is 15.3. The van der Waals surface area contributed by atoms with Crippen LogP contribution in [0.15, 0.2) is 18.5 Å². The summed E-state index contributed by atoms with van der Waals surface area (Å²) in [7, 11) is 2.06. The Kier molecular flexibility index (Phi) is 3.57. The molecule has 1 aromatic heterocycles. The van der Waals surface area contributed by atoms with Crippen LogP contribution in [0.5, 0.6) is 0 Å². The smallest absolute Gasteiger partial charge is 0.135 e. The second-order valence-electron chi connectivity index (χ2n) is 7.26. The van der Waals surface area contributed by atoms with Gasteiger partial charge in [-0.25, -0.2) is 0 Å². The van der Waals surface area contributed by atoms with Gasteiger partial charge in [-0.15, -0.1) is 10.2 Å². The Morgan fingerprint density at radius 3 is 2.57 bits per heavy atom. The zero-order valence-electron chi connectivity index (χ0n) is 13.0. The molecule has 21 heavy (non-hydrogen) atoms. The van der Waals surface area contributed by atoms with Crippen LogP contribution in [0.1, 0.15) is 43.8 Å². The van der Waals surface area contributed by atoms with Crippen LogP contribution in [-0.2, 0) is 7.05 Å². The van der Waals surface area contributed by atoms with E-state index in [1.165, 1.54) is 57.6 Å². The van der Waals surface area contributed by atoms with Crippen molar-refractivity contribution in [1.29, 1.82) is 0 Å². The first kappa shape index (κ1) is 13.5. The Bertz CT molecular complexity index is 513. The lowest BCUT2D eigenvalue weighted by molar-refractivity contribution is 0.123. The third kappa shape index (κ3) is 2.66. The van der Waals surface area contributed by atoms with Gasteiger partial charge in [0.15, 0.2) is 0 Å². The normalized spacial score (nSPS) is 33.7. The summed E-state index contributed by atoms with van der Waals surface area (Å²) in [6, 6.07) is 0. The Hall–Kier alpha value is -1.16. The fraction of sp³-hybridized carbons (Fsp3) is 0.765. The predicted molar refractivity (Wildman–Crippen MR) is 82.9 cm³/mol. The molecule has 0 N–H and O–H groups in total. The number of hydrogen-bond donors (Lipinski definition) is 0. The van der Waals surface area contributed by atoms with E-state index < -0.39 is 0 Å². The number of piperidine rings is 1. The van der Waals surface area contributed by atoms with Crippen molar-refractivity contribution in [3.63, 3.8) is 0 Å². The summed E-state index contributed by atoms with van der Waals surface area (Å²) in [6.07, 6.45) is 13.6. The van der Waals surface area contributed by atoms with E-state index in [-0.39, 0.29) is 0 Å². The van der Waals surface area contributed by atoms with Gasteiger partial charge < -0.3 is 9.47 Å².